The molecule has 0 amide bonds. The molecule has 0 aliphatic carbocycles. The predicted molar refractivity (Wildman–Crippen MR) is 37.3 cm³/mol. The molecular formula is C7H13N. The summed E-state index contributed by atoms with van der Waals surface area (Å²) in [6.45, 7) is 7.71. The zero-order valence-electron chi connectivity index (χ0n) is 5.52. The molecule has 0 atom stereocenters. The van der Waals surface area contributed by atoms with Gasteiger partial charge in [-0.2, -0.15) is 0 Å². The van der Waals surface area contributed by atoms with Gasteiger partial charge in [0.15, 0.2) is 0 Å². The second-order valence-electron chi connectivity index (χ2n) is 2.18. The van der Waals surface area contributed by atoms with Gasteiger partial charge in [0, 0.05) is 5.70 Å². The van der Waals surface area contributed by atoms with E-state index >= 15 is 0 Å². The molecule has 1 nitrogen and oxygen atoms in total. The van der Waals surface area contributed by atoms with E-state index in [0.717, 1.165) is 0 Å². The maximum atomic E-state index is 5.26. The maximum absolute atomic E-state index is 5.26. The molecule has 1 heteroatoms. The largest absolute Gasteiger partial charge is 0.399 e. The van der Waals surface area contributed by atoms with Gasteiger partial charge in [0.25, 0.3) is 0 Å². The summed E-state index contributed by atoms with van der Waals surface area (Å²) < 4.78 is 0. The summed E-state index contributed by atoms with van der Waals surface area (Å²) in [6.07, 6.45) is 3.84. The molecule has 0 heterocycles. The predicted octanol–water partition coefficient (Wildman–Crippen LogP) is 1.67. The molecule has 0 rings (SSSR count). The Morgan fingerprint density at radius 1 is 1.62 bits per heavy atom. The summed E-state index contributed by atoms with van der Waals surface area (Å²) in [5.41, 5.74) is 5.88. The molecule has 0 aromatic carbocycles. The van der Waals surface area contributed by atoms with E-state index in [2.05, 4.69) is 20.4 Å². The molecule has 2 N–H and O–H groups in total. The van der Waals surface area contributed by atoms with Crippen molar-refractivity contribution in [3.8, 4) is 0 Å². The molecule has 0 radical (unpaired) electrons. The Hall–Kier alpha value is -0.720. The van der Waals surface area contributed by atoms with E-state index in [1.54, 1.807) is 0 Å². The molecule has 0 bridgehead atoms. The van der Waals surface area contributed by atoms with Gasteiger partial charge in [-0.1, -0.05) is 26.5 Å². The van der Waals surface area contributed by atoms with Crippen molar-refractivity contribution in [2.24, 2.45) is 11.7 Å². The van der Waals surface area contributed by atoms with Crippen molar-refractivity contribution in [1.82, 2.24) is 0 Å². The minimum absolute atomic E-state index is 0.565. The normalized spacial score (nSPS) is 10.9. The molecule has 8 heavy (non-hydrogen) atoms. The van der Waals surface area contributed by atoms with Crippen LogP contribution in [0.5, 0.6) is 0 Å². The number of allylic oxidation sites excluding steroid dienone is 2. The highest BCUT2D eigenvalue weighted by Crippen LogP contribution is 1.94. The zero-order valence-corrected chi connectivity index (χ0v) is 5.52. The van der Waals surface area contributed by atoms with E-state index in [-0.39, 0.29) is 0 Å². The van der Waals surface area contributed by atoms with Gasteiger partial charge in [-0.25, -0.2) is 0 Å². The average Bonchev–Trinajstić information content (AvgIpc) is 1.61. The smallest absolute Gasteiger partial charge is 0.0237 e. The Kier molecular flexibility index (Phi) is 3.01. The number of hydrogen-bond acceptors (Lipinski definition) is 1. The van der Waals surface area contributed by atoms with Crippen LogP contribution in [-0.2, 0) is 0 Å². The molecule has 0 saturated carbocycles. The first-order chi connectivity index (χ1) is 3.63. The van der Waals surface area contributed by atoms with Crippen molar-refractivity contribution in [2.75, 3.05) is 0 Å². The summed E-state index contributed by atoms with van der Waals surface area (Å²) in [6, 6.07) is 0. The van der Waals surface area contributed by atoms with E-state index in [9.17, 15) is 0 Å². The summed E-state index contributed by atoms with van der Waals surface area (Å²) in [5.74, 6) is 0.565. The average molecular weight is 111 g/mol. The second-order valence-corrected chi connectivity index (χ2v) is 2.18. The van der Waals surface area contributed by atoms with E-state index < -0.39 is 0 Å². The Bertz CT molecular complexity index is 101. The molecule has 0 fully saturated rings. The lowest BCUT2D eigenvalue weighted by Crippen LogP contribution is -1.89. The fraction of sp³-hybridized carbons (Fsp3) is 0.429. The summed E-state index contributed by atoms with van der Waals surface area (Å²) >= 11 is 0. The van der Waals surface area contributed by atoms with Gasteiger partial charge < -0.3 is 5.73 Å². The molecule has 0 aromatic heterocycles. The third-order valence-corrected chi connectivity index (χ3v) is 0.695. The molecule has 0 unspecified atom stereocenters. The van der Waals surface area contributed by atoms with Crippen LogP contribution in [0.15, 0.2) is 24.4 Å². The molecule has 0 aliphatic rings. The van der Waals surface area contributed by atoms with Crippen molar-refractivity contribution in [2.45, 2.75) is 13.8 Å². The van der Waals surface area contributed by atoms with Crippen LogP contribution in [0.3, 0.4) is 0 Å². The Labute approximate surface area is 50.9 Å². The van der Waals surface area contributed by atoms with E-state index in [1.165, 1.54) is 0 Å². The zero-order chi connectivity index (χ0) is 6.57. The summed E-state index contributed by atoms with van der Waals surface area (Å²) in [5, 5.41) is 0. The summed E-state index contributed by atoms with van der Waals surface area (Å²) in [7, 11) is 0. The van der Waals surface area contributed by atoms with Crippen molar-refractivity contribution in [3.63, 3.8) is 0 Å². The van der Waals surface area contributed by atoms with Crippen molar-refractivity contribution in [3.05, 3.63) is 24.4 Å². The van der Waals surface area contributed by atoms with Crippen molar-refractivity contribution in [1.29, 1.82) is 0 Å². The third-order valence-electron chi connectivity index (χ3n) is 0.695. The lowest BCUT2D eigenvalue weighted by atomic mass is 10.2. The van der Waals surface area contributed by atoms with Gasteiger partial charge in [0.05, 0.1) is 0 Å². The van der Waals surface area contributed by atoms with Crippen LogP contribution in [0.4, 0.5) is 0 Å². The molecule has 0 spiro atoms. The SMILES string of the molecule is C=C(N)/C=C/C(C)C. The van der Waals surface area contributed by atoms with Gasteiger partial charge in [0.1, 0.15) is 0 Å². The van der Waals surface area contributed by atoms with E-state index in [0.29, 0.717) is 11.6 Å². The topological polar surface area (TPSA) is 26.0 Å². The highest BCUT2D eigenvalue weighted by Gasteiger charge is 1.81. The van der Waals surface area contributed by atoms with Crippen molar-refractivity contribution < 1.29 is 0 Å². The lowest BCUT2D eigenvalue weighted by Gasteiger charge is -1.91. The first-order valence-corrected chi connectivity index (χ1v) is 2.75. The minimum Gasteiger partial charge on any atom is -0.399 e. The monoisotopic (exact) mass is 111 g/mol. The Morgan fingerprint density at radius 3 is 2.25 bits per heavy atom. The van der Waals surface area contributed by atoms with Crippen LogP contribution in [0.25, 0.3) is 0 Å². The van der Waals surface area contributed by atoms with Crippen LogP contribution < -0.4 is 5.73 Å². The summed E-state index contributed by atoms with van der Waals surface area (Å²) in [4.78, 5) is 0. The van der Waals surface area contributed by atoms with Crippen LogP contribution >= 0.6 is 0 Å². The Morgan fingerprint density at radius 2 is 2.12 bits per heavy atom. The molecule has 0 saturated heterocycles. The molecule has 0 aliphatic heterocycles. The second kappa shape index (κ2) is 3.30. The maximum Gasteiger partial charge on any atom is 0.0237 e. The van der Waals surface area contributed by atoms with Crippen molar-refractivity contribution >= 4 is 0 Å². The number of hydrogen-bond donors (Lipinski definition) is 1. The van der Waals surface area contributed by atoms with Gasteiger partial charge in [-0.3, -0.25) is 0 Å². The molecule has 0 aromatic rings. The number of rotatable bonds is 2. The van der Waals surface area contributed by atoms with Gasteiger partial charge in [-0.05, 0) is 12.0 Å². The van der Waals surface area contributed by atoms with Crippen LogP contribution in [0, 0.1) is 5.92 Å². The minimum atomic E-state index is 0.565. The lowest BCUT2D eigenvalue weighted by molar-refractivity contribution is 0.830. The van der Waals surface area contributed by atoms with Gasteiger partial charge >= 0.3 is 0 Å². The van der Waals surface area contributed by atoms with E-state index in [1.807, 2.05) is 12.2 Å². The first kappa shape index (κ1) is 7.28. The highest BCUT2D eigenvalue weighted by molar-refractivity contribution is 5.09. The van der Waals surface area contributed by atoms with Gasteiger partial charge in [-0.15, -0.1) is 0 Å². The third kappa shape index (κ3) is 5.28. The highest BCUT2D eigenvalue weighted by atomic mass is 14.5. The van der Waals surface area contributed by atoms with E-state index in [4.69, 9.17) is 5.73 Å². The fourth-order valence-corrected chi connectivity index (χ4v) is 0.316. The first-order valence-electron chi connectivity index (χ1n) is 2.75. The van der Waals surface area contributed by atoms with Crippen LogP contribution in [0.1, 0.15) is 13.8 Å². The van der Waals surface area contributed by atoms with Gasteiger partial charge in [0.2, 0.25) is 0 Å². The van der Waals surface area contributed by atoms with Crippen LogP contribution in [-0.4, -0.2) is 0 Å². The standard InChI is InChI=1S/C7H13N/c1-6(2)4-5-7(3)8/h4-6H,3,8H2,1-2H3/b5-4+. The molecular weight excluding hydrogens is 98.1 g/mol. The number of nitrogens with two attached hydrogens (primary N) is 1. The molecule has 46 valence electrons. The fourth-order valence-electron chi connectivity index (χ4n) is 0.316. The quantitative estimate of drug-likeness (QED) is 0.539. The van der Waals surface area contributed by atoms with Crippen LogP contribution in [0.2, 0.25) is 0 Å². The Balaban J connectivity index is 3.50.